The van der Waals surface area contributed by atoms with Crippen LogP contribution in [0.1, 0.15) is 39.7 Å². The molecule has 126 valence electrons. The highest BCUT2D eigenvalue weighted by Crippen LogP contribution is 2.37. The molecule has 2 heterocycles. The van der Waals surface area contributed by atoms with Crippen LogP contribution >= 0.6 is 0 Å². The summed E-state index contributed by atoms with van der Waals surface area (Å²) in [6, 6.07) is 2.27. The highest BCUT2D eigenvalue weighted by molar-refractivity contribution is 6.62. The van der Waals surface area contributed by atoms with Crippen LogP contribution in [0.15, 0.2) is 12.1 Å². The van der Waals surface area contributed by atoms with Crippen molar-refractivity contribution in [3.8, 4) is 0 Å². The average Bonchev–Trinajstić information content (AvgIpc) is 2.92. The Labute approximate surface area is 134 Å². The Morgan fingerprint density at radius 2 is 1.57 bits per heavy atom. The summed E-state index contributed by atoms with van der Waals surface area (Å²) in [6.45, 7) is 7.65. The third-order valence-electron chi connectivity index (χ3n) is 5.11. The number of benzene rings is 1. The van der Waals surface area contributed by atoms with Crippen LogP contribution in [-0.2, 0) is 19.6 Å². The van der Waals surface area contributed by atoms with Crippen molar-refractivity contribution in [2.24, 2.45) is 0 Å². The molecule has 0 amide bonds. The number of ether oxygens (including phenoxy) is 1. The summed E-state index contributed by atoms with van der Waals surface area (Å²) in [7, 11) is -1.12. The number of hydrogen-bond donors (Lipinski definition) is 1. The fourth-order valence-electron chi connectivity index (χ4n) is 2.82. The summed E-state index contributed by atoms with van der Waals surface area (Å²) in [5, 5.41) is 10.4. The number of hydrogen-bond acceptors (Lipinski definition) is 4. The van der Waals surface area contributed by atoms with Crippen LogP contribution in [0.5, 0.6) is 0 Å². The molecule has 0 bridgehead atoms. The smallest absolute Gasteiger partial charge is 0.399 e. The standard InChI is InChI=1S/C16H21BF2O4/c1-14(2)15(3,4)23-17(22-14)13-11(18)7-10(8-12(13)19)16(20)5-6-21-9-16/h7-8,20H,5-6,9H2,1-4H3. The number of aliphatic hydroxyl groups is 1. The molecule has 4 nitrogen and oxygen atoms in total. The van der Waals surface area contributed by atoms with Crippen molar-refractivity contribution in [3.05, 3.63) is 29.3 Å². The summed E-state index contributed by atoms with van der Waals surface area (Å²) in [5.74, 6) is -1.59. The topological polar surface area (TPSA) is 47.9 Å². The van der Waals surface area contributed by atoms with E-state index in [-0.39, 0.29) is 17.6 Å². The van der Waals surface area contributed by atoms with Crippen molar-refractivity contribution in [1.29, 1.82) is 0 Å². The summed E-state index contributed by atoms with van der Waals surface area (Å²) in [5.41, 5.74) is -2.82. The zero-order valence-corrected chi connectivity index (χ0v) is 13.8. The first-order chi connectivity index (χ1) is 10.6. The lowest BCUT2D eigenvalue weighted by atomic mass is 9.76. The molecule has 7 heteroatoms. The van der Waals surface area contributed by atoms with Gasteiger partial charge in [0.15, 0.2) is 0 Å². The SMILES string of the molecule is CC1(C)OB(c2c(F)cc(C3(O)CCOC3)cc2F)OC1(C)C. The first kappa shape index (κ1) is 16.8. The van der Waals surface area contributed by atoms with E-state index in [2.05, 4.69) is 0 Å². The van der Waals surface area contributed by atoms with Gasteiger partial charge in [0.05, 0.1) is 23.3 Å². The minimum absolute atomic E-state index is 0.0295. The molecule has 0 saturated carbocycles. The first-order valence-corrected chi connectivity index (χ1v) is 7.71. The fraction of sp³-hybridized carbons (Fsp3) is 0.625. The van der Waals surface area contributed by atoms with Gasteiger partial charge in [-0.2, -0.15) is 0 Å². The zero-order valence-electron chi connectivity index (χ0n) is 13.8. The second kappa shape index (κ2) is 5.24. The van der Waals surface area contributed by atoms with Crippen LogP contribution in [0.4, 0.5) is 8.78 Å². The van der Waals surface area contributed by atoms with Gasteiger partial charge in [-0.05, 0) is 45.4 Å². The lowest BCUT2D eigenvalue weighted by Crippen LogP contribution is -2.41. The molecule has 0 radical (unpaired) electrons. The maximum Gasteiger partial charge on any atom is 0.500 e. The Kier molecular flexibility index (Phi) is 3.84. The monoisotopic (exact) mass is 326 g/mol. The van der Waals surface area contributed by atoms with Crippen molar-refractivity contribution in [1.82, 2.24) is 0 Å². The van der Waals surface area contributed by atoms with Gasteiger partial charge in [0.25, 0.3) is 0 Å². The maximum atomic E-state index is 14.5. The molecule has 1 aromatic rings. The summed E-state index contributed by atoms with van der Waals surface area (Å²) < 4.78 is 45.6. The van der Waals surface area contributed by atoms with Crippen LogP contribution < -0.4 is 5.46 Å². The van der Waals surface area contributed by atoms with Gasteiger partial charge in [-0.1, -0.05) is 0 Å². The molecule has 1 unspecified atom stereocenters. The highest BCUT2D eigenvalue weighted by Gasteiger charge is 2.53. The van der Waals surface area contributed by atoms with Crippen LogP contribution in [0.25, 0.3) is 0 Å². The Balaban J connectivity index is 1.96. The molecule has 23 heavy (non-hydrogen) atoms. The minimum atomic E-state index is -1.35. The molecule has 1 atom stereocenters. The molecule has 2 aliphatic rings. The quantitative estimate of drug-likeness (QED) is 0.843. The second-order valence-electron chi connectivity index (χ2n) is 7.28. The third-order valence-corrected chi connectivity index (χ3v) is 5.11. The van der Waals surface area contributed by atoms with Crippen LogP contribution in [0.2, 0.25) is 0 Å². The molecule has 1 aromatic carbocycles. The Morgan fingerprint density at radius 1 is 1.04 bits per heavy atom. The highest BCUT2D eigenvalue weighted by atomic mass is 19.1. The van der Waals surface area contributed by atoms with Crippen LogP contribution in [0, 0.1) is 11.6 Å². The Morgan fingerprint density at radius 3 is 2.00 bits per heavy atom. The van der Waals surface area contributed by atoms with Gasteiger partial charge in [-0.15, -0.1) is 0 Å². The van der Waals surface area contributed by atoms with Crippen LogP contribution in [-0.4, -0.2) is 36.6 Å². The first-order valence-electron chi connectivity index (χ1n) is 7.71. The Bertz CT molecular complexity index is 588. The predicted octanol–water partition coefficient (Wildman–Crippen LogP) is 1.87. The summed E-state index contributed by atoms with van der Waals surface area (Å²) in [6.07, 6.45) is 0.307. The van der Waals surface area contributed by atoms with Gasteiger partial charge in [0.2, 0.25) is 0 Å². The molecule has 3 rings (SSSR count). The number of rotatable bonds is 2. The van der Waals surface area contributed by atoms with Crippen molar-refractivity contribution in [2.45, 2.75) is 50.9 Å². The maximum absolute atomic E-state index is 14.5. The van der Waals surface area contributed by atoms with Crippen molar-refractivity contribution < 1.29 is 27.9 Å². The average molecular weight is 326 g/mol. The van der Waals surface area contributed by atoms with E-state index in [0.29, 0.717) is 13.0 Å². The lowest BCUT2D eigenvalue weighted by molar-refractivity contribution is 0.00578. The van der Waals surface area contributed by atoms with E-state index in [4.69, 9.17) is 14.0 Å². The van der Waals surface area contributed by atoms with E-state index in [0.717, 1.165) is 12.1 Å². The zero-order chi connectivity index (χ0) is 17.0. The van der Waals surface area contributed by atoms with Crippen LogP contribution in [0.3, 0.4) is 0 Å². The molecule has 2 fully saturated rings. The Hall–Kier alpha value is -1.02. The molecule has 1 N–H and O–H groups in total. The number of halogens is 2. The molecule has 0 spiro atoms. The van der Waals surface area contributed by atoms with E-state index < -0.39 is 35.6 Å². The molecular formula is C16H21BF2O4. The largest absolute Gasteiger partial charge is 0.500 e. The van der Waals surface area contributed by atoms with Gasteiger partial charge in [-0.25, -0.2) is 8.78 Å². The molecule has 2 saturated heterocycles. The van der Waals surface area contributed by atoms with Gasteiger partial charge >= 0.3 is 7.12 Å². The van der Waals surface area contributed by atoms with Gasteiger partial charge < -0.3 is 19.2 Å². The van der Waals surface area contributed by atoms with E-state index in [9.17, 15) is 13.9 Å². The fourth-order valence-corrected chi connectivity index (χ4v) is 2.82. The summed E-state index contributed by atoms with van der Waals surface area (Å²) in [4.78, 5) is 0. The lowest BCUT2D eigenvalue weighted by Gasteiger charge is -2.32. The predicted molar refractivity (Wildman–Crippen MR) is 81.4 cm³/mol. The van der Waals surface area contributed by atoms with E-state index in [1.165, 1.54) is 0 Å². The van der Waals surface area contributed by atoms with Crippen molar-refractivity contribution in [2.75, 3.05) is 13.2 Å². The molecule has 0 aromatic heterocycles. The normalized spacial score (nSPS) is 29.3. The van der Waals surface area contributed by atoms with Crippen molar-refractivity contribution in [3.63, 3.8) is 0 Å². The molecule has 0 aliphatic carbocycles. The minimum Gasteiger partial charge on any atom is -0.399 e. The van der Waals surface area contributed by atoms with E-state index in [1.807, 2.05) is 27.7 Å². The van der Waals surface area contributed by atoms with E-state index >= 15 is 0 Å². The molecular weight excluding hydrogens is 305 g/mol. The third kappa shape index (κ3) is 2.69. The van der Waals surface area contributed by atoms with Crippen molar-refractivity contribution >= 4 is 12.6 Å². The van der Waals surface area contributed by atoms with Gasteiger partial charge in [0, 0.05) is 13.0 Å². The second-order valence-corrected chi connectivity index (χ2v) is 7.28. The van der Waals surface area contributed by atoms with E-state index in [1.54, 1.807) is 0 Å². The molecule has 2 aliphatic heterocycles. The van der Waals surface area contributed by atoms with Gasteiger partial charge in [0.1, 0.15) is 17.2 Å². The van der Waals surface area contributed by atoms with Gasteiger partial charge in [-0.3, -0.25) is 0 Å². The summed E-state index contributed by atoms with van der Waals surface area (Å²) >= 11 is 0.